The van der Waals surface area contributed by atoms with Gasteiger partial charge in [-0.05, 0) is 57.3 Å². The van der Waals surface area contributed by atoms with Gasteiger partial charge >= 0.3 is 0 Å². The fourth-order valence-electron chi connectivity index (χ4n) is 5.93. The van der Waals surface area contributed by atoms with Crippen LogP contribution in [-0.4, -0.2) is 49.9 Å². The molecule has 0 spiro atoms. The fourth-order valence-corrected chi connectivity index (χ4v) is 5.93. The van der Waals surface area contributed by atoms with E-state index in [1.54, 1.807) is 0 Å². The van der Waals surface area contributed by atoms with E-state index in [1.807, 2.05) is 0 Å². The summed E-state index contributed by atoms with van der Waals surface area (Å²) in [6, 6.07) is 25.3. The zero-order chi connectivity index (χ0) is 30.7. The van der Waals surface area contributed by atoms with Gasteiger partial charge in [0.15, 0.2) is 0 Å². The molecule has 1 aliphatic carbocycles. The van der Waals surface area contributed by atoms with Crippen molar-refractivity contribution in [1.82, 2.24) is 0 Å². The summed E-state index contributed by atoms with van der Waals surface area (Å²) >= 11 is 0. The number of aliphatic hydroxyl groups excluding tert-OH is 2. The third-order valence-electron chi connectivity index (χ3n) is 7.81. The van der Waals surface area contributed by atoms with Crippen molar-refractivity contribution >= 4 is 0 Å². The standard InChI is InChI=1S/C38H44O6/c1-3-19-41-35-27-9-5-10-28(35)24-32-14-8-16-34(38(32)44-22-18-40)26-30-12-6-11-29(36(30)42-20-4-2)25-33-15-7-13-31(23-27)37(33)43-21-17-39/h5-16,39-40H,3-4,17-26H2,1-2H3. The summed E-state index contributed by atoms with van der Waals surface area (Å²) in [7, 11) is 0. The summed E-state index contributed by atoms with van der Waals surface area (Å²) in [5.74, 6) is 3.38. The average molecular weight is 597 g/mol. The predicted molar refractivity (Wildman–Crippen MR) is 174 cm³/mol. The van der Waals surface area contributed by atoms with Crippen molar-refractivity contribution in [3.05, 3.63) is 117 Å². The summed E-state index contributed by atoms with van der Waals surface area (Å²) in [4.78, 5) is 0. The Morgan fingerprint density at radius 2 is 0.636 bits per heavy atom. The maximum absolute atomic E-state index is 9.69. The van der Waals surface area contributed by atoms with Crippen molar-refractivity contribution in [3.63, 3.8) is 0 Å². The molecule has 0 atom stereocenters. The molecule has 1 aliphatic rings. The molecule has 44 heavy (non-hydrogen) atoms. The molecule has 8 bridgehead atoms. The van der Waals surface area contributed by atoms with Gasteiger partial charge < -0.3 is 29.2 Å². The van der Waals surface area contributed by atoms with E-state index in [1.165, 1.54) is 0 Å². The molecule has 6 nitrogen and oxygen atoms in total. The molecule has 6 heteroatoms. The van der Waals surface area contributed by atoms with Crippen LogP contribution in [0.25, 0.3) is 0 Å². The van der Waals surface area contributed by atoms with Crippen LogP contribution in [0.3, 0.4) is 0 Å². The molecule has 4 aromatic rings. The minimum absolute atomic E-state index is 0.0626. The van der Waals surface area contributed by atoms with Crippen LogP contribution in [0.1, 0.15) is 71.2 Å². The molecule has 0 heterocycles. The average Bonchev–Trinajstić information content (AvgIpc) is 3.03. The van der Waals surface area contributed by atoms with Gasteiger partial charge in [0.1, 0.15) is 36.2 Å². The third-order valence-corrected chi connectivity index (χ3v) is 7.81. The number of aliphatic hydroxyl groups is 2. The highest BCUT2D eigenvalue weighted by Crippen LogP contribution is 2.38. The largest absolute Gasteiger partial charge is 0.493 e. The van der Waals surface area contributed by atoms with Crippen LogP contribution >= 0.6 is 0 Å². The van der Waals surface area contributed by atoms with Crippen molar-refractivity contribution in [2.75, 3.05) is 39.6 Å². The lowest BCUT2D eigenvalue weighted by molar-refractivity contribution is 0.199. The zero-order valence-electron chi connectivity index (χ0n) is 25.9. The summed E-state index contributed by atoms with van der Waals surface area (Å²) in [6.45, 7) is 5.76. The number of hydrogen-bond acceptors (Lipinski definition) is 6. The van der Waals surface area contributed by atoms with Crippen LogP contribution in [0.2, 0.25) is 0 Å². The summed E-state index contributed by atoms with van der Waals surface area (Å²) < 4.78 is 25.5. The first-order valence-electron chi connectivity index (χ1n) is 15.8. The van der Waals surface area contributed by atoms with Crippen molar-refractivity contribution in [3.8, 4) is 23.0 Å². The van der Waals surface area contributed by atoms with Crippen LogP contribution in [0, 0.1) is 0 Å². The lowest BCUT2D eigenvalue weighted by atomic mass is 9.91. The number of ether oxygens (including phenoxy) is 4. The zero-order valence-corrected chi connectivity index (χ0v) is 25.9. The van der Waals surface area contributed by atoms with Crippen molar-refractivity contribution in [1.29, 1.82) is 0 Å². The van der Waals surface area contributed by atoms with E-state index in [0.717, 1.165) is 80.3 Å². The minimum Gasteiger partial charge on any atom is -0.493 e. The molecule has 0 aromatic heterocycles. The van der Waals surface area contributed by atoms with E-state index in [2.05, 4.69) is 86.6 Å². The highest BCUT2D eigenvalue weighted by molar-refractivity contribution is 5.56. The number of hydrogen-bond donors (Lipinski definition) is 2. The Labute approximate surface area is 261 Å². The van der Waals surface area contributed by atoms with Gasteiger partial charge in [0, 0.05) is 25.7 Å². The molecule has 0 saturated heterocycles. The van der Waals surface area contributed by atoms with Crippen molar-refractivity contribution in [2.24, 2.45) is 0 Å². The highest BCUT2D eigenvalue weighted by Gasteiger charge is 2.21. The van der Waals surface area contributed by atoms with Crippen molar-refractivity contribution in [2.45, 2.75) is 52.4 Å². The maximum atomic E-state index is 9.69. The van der Waals surface area contributed by atoms with Crippen LogP contribution < -0.4 is 18.9 Å². The van der Waals surface area contributed by atoms with Crippen molar-refractivity contribution < 1.29 is 29.2 Å². The number of benzene rings is 4. The monoisotopic (exact) mass is 596 g/mol. The maximum Gasteiger partial charge on any atom is 0.126 e. The molecule has 2 N–H and O–H groups in total. The number of fused-ring (bicyclic) bond motifs is 8. The first-order valence-corrected chi connectivity index (χ1v) is 15.8. The van der Waals surface area contributed by atoms with Gasteiger partial charge in [0.2, 0.25) is 0 Å². The smallest absolute Gasteiger partial charge is 0.126 e. The second-order valence-electron chi connectivity index (χ2n) is 11.2. The topological polar surface area (TPSA) is 77.4 Å². The Hall–Kier alpha value is -4.00. The van der Waals surface area contributed by atoms with E-state index < -0.39 is 0 Å². The molecule has 0 saturated carbocycles. The Morgan fingerprint density at radius 1 is 0.409 bits per heavy atom. The molecule has 5 rings (SSSR count). The second kappa shape index (κ2) is 15.6. The minimum atomic E-state index is -0.0626. The Bertz CT molecular complexity index is 1220. The Balaban J connectivity index is 1.74. The molecule has 0 unspecified atom stereocenters. The summed E-state index contributed by atoms with van der Waals surface area (Å²) in [5, 5.41) is 19.4. The second-order valence-corrected chi connectivity index (χ2v) is 11.2. The SMILES string of the molecule is CCCOc1c2cccc1Cc1cccc(c1OCCO)Cc1cccc(c1OCCC)Cc1cccc(c1OCCO)C2. The van der Waals surface area contributed by atoms with E-state index in [4.69, 9.17) is 18.9 Å². The lowest BCUT2D eigenvalue weighted by Gasteiger charge is -2.22. The quantitative estimate of drug-likeness (QED) is 0.167. The molecule has 0 radical (unpaired) electrons. The Kier molecular flexibility index (Phi) is 11.2. The summed E-state index contributed by atoms with van der Waals surface area (Å²) in [5.41, 5.74) is 8.50. The number of para-hydroxylation sites is 4. The molecule has 0 aliphatic heterocycles. The molecule has 0 fully saturated rings. The molecular formula is C38H44O6. The fraction of sp³-hybridized carbons (Fsp3) is 0.368. The molecule has 4 aromatic carbocycles. The van der Waals surface area contributed by atoms with Crippen LogP contribution in [-0.2, 0) is 25.7 Å². The van der Waals surface area contributed by atoms with Gasteiger partial charge in [0.25, 0.3) is 0 Å². The molecule has 232 valence electrons. The van der Waals surface area contributed by atoms with Gasteiger partial charge in [-0.1, -0.05) is 86.6 Å². The first-order chi connectivity index (χ1) is 21.7. The van der Waals surface area contributed by atoms with Gasteiger partial charge in [-0.3, -0.25) is 0 Å². The van der Waals surface area contributed by atoms with Crippen LogP contribution in [0.4, 0.5) is 0 Å². The normalized spacial score (nSPS) is 12.5. The Morgan fingerprint density at radius 3 is 0.841 bits per heavy atom. The highest BCUT2D eigenvalue weighted by atomic mass is 16.5. The van der Waals surface area contributed by atoms with E-state index in [9.17, 15) is 10.2 Å². The van der Waals surface area contributed by atoms with Gasteiger partial charge in [-0.15, -0.1) is 0 Å². The first kappa shape index (κ1) is 31.4. The van der Waals surface area contributed by atoms with Gasteiger partial charge in [-0.25, -0.2) is 0 Å². The van der Waals surface area contributed by atoms with E-state index in [0.29, 0.717) is 38.9 Å². The third kappa shape index (κ3) is 7.37. The molecule has 0 amide bonds. The van der Waals surface area contributed by atoms with Crippen LogP contribution in [0.5, 0.6) is 23.0 Å². The summed E-state index contributed by atoms with van der Waals surface area (Å²) in [6.07, 6.45) is 4.27. The van der Waals surface area contributed by atoms with E-state index in [-0.39, 0.29) is 26.4 Å². The van der Waals surface area contributed by atoms with Crippen LogP contribution in [0.15, 0.2) is 72.8 Å². The van der Waals surface area contributed by atoms with Gasteiger partial charge in [0.05, 0.1) is 26.4 Å². The number of rotatable bonds is 12. The predicted octanol–water partition coefficient (Wildman–Crippen LogP) is 6.68. The van der Waals surface area contributed by atoms with E-state index >= 15 is 0 Å². The molecular weight excluding hydrogens is 552 g/mol. The van der Waals surface area contributed by atoms with Gasteiger partial charge in [-0.2, -0.15) is 0 Å². The lowest BCUT2D eigenvalue weighted by Crippen LogP contribution is -2.11.